The molecule has 0 aliphatic heterocycles. The molecule has 4 nitrogen and oxygen atoms in total. The lowest BCUT2D eigenvalue weighted by Gasteiger charge is -2.18. The van der Waals surface area contributed by atoms with Crippen LogP contribution in [0.5, 0.6) is 0 Å². The number of ether oxygens (including phenoxy) is 1. The lowest BCUT2D eigenvalue weighted by molar-refractivity contribution is -0.150. The maximum absolute atomic E-state index is 12.4. The smallest absolute Gasteiger partial charge is 0.306 e. The average Bonchev–Trinajstić information content (AvgIpc) is 2.97. The van der Waals surface area contributed by atoms with Gasteiger partial charge < -0.3 is 9.84 Å². The van der Waals surface area contributed by atoms with Crippen LogP contribution >= 0.6 is 0 Å². The molecule has 0 fully saturated rings. The van der Waals surface area contributed by atoms with Gasteiger partial charge in [0.25, 0.3) is 0 Å². The fourth-order valence-electron chi connectivity index (χ4n) is 4.75. The zero-order valence-corrected chi connectivity index (χ0v) is 27.3. The van der Waals surface area contributed by atoms with Crippen molar-refractivity contribution in [1.82, 2.24) is 0 Å². The first-order valence-corrected chi connectivity index (χ1v) is 17.3. The van der Waals surface area contributed by atoms with Gasteiger partial charge in [0.15, 0.2) is 0 Å². The molecule has 42 heavy (non-hydrogen) atoms. The molecule has 240 valence electrons. The average molecular weight is 585 g/mol. The lowest BCUT2D eigenvalue weighted by Crippen LogP contribution is -2.18. The Hall–Kier alpha value is -2.36. The largest absolute Gasteiger partial charge is 0.481 e. The molecule has 4 heteroatoms. The van der Waals surface area contributed by atoms with E-state index in [1.54, 1.807) is 0 Å². The number of unbranched alkanes of at least 4 members (excludes halogenated alkanes) is 11. The van der Waals surface area contributed by atoms with Crippen molar-refractivity contribution in [3.05, 3.63) is 60.8 Å². The zero-order valence-electron chi connectivity index (χ0n) is 27.3. The second-order valence-electron chi connectivity index (χ2n) is 11.3. The lowest BCUT2D eigenvalue weighted by atomic mass is 10.0. The van der Waals surface area contributed by atoms with E-state index in [1.807, 2.05) is 0 Å². The van der Waals surface area contributed by atoms with E-state index in [-0.39, 0.29) is 18.5 Å². The van der Waals surface area contributed by atoms with Crippen molar-refractivity contribution in [2.45, 2.75) is 168 Å². The van der Waals surface area contributed by atoms with Crippen molar-refractivity contribution in [1.29, 1.82) is 0 Å². The molecule has 0 aliphatic rings. The van der Waals surface area contributed by atoms with Crippen LogP contribution in [0.4, 0.5) is 0 Å². The Morgan fingerprint density at radius 3 is 1.60 bits per heavy atom. The standard InChI is InChI=1S/C38H64O4/c1-3-5-7-9-11-12-13-14-15-16-17-18-19-20-21-22-23-24-26-28-30-35-38(41)42-36(33-31-34-37(39)40)32-29-27-25-10-8-6-4-2/h5,7,11-12,14-15,17-18,20-21,36H,3-4,6,8-10,13,16,19,22-35H2,1-2H3,(H,39,40)/b7-5-,12-11-,15-14-,18-17-,21-20-. The molecule has 1 atom stereocenters. The highest BCUT2D eigenvalue weighted by molar-refractivity contribution is 5.69. The molecule has 0 spiro atoms. The van der Waals surface area contributed by atoms with E-state index in [4.69, 9.17) is 9.84 Å². The number of carbonyl (C=O) groups excluding carboxylic acids is 1. The van der Waals surface area contributed by atoms with Gasteiger partial charge in [-0.3, -0.25) is 9.59 Å². The zero-order chi connectivity index (χ0) is 30.8. The predicted molar refractivity (Wildman–Crippen MR) is 181 cm³/mol. The van der Waals surface area contributed by atoms with Gasteiger partial charge in [0, 0.05) is 12.8 Å². The van der Waals surface area contributed by atoms with Crippen molar-refractivity contribution in [2.75, 3.05) is 0 Å². The normalized spacial score (nSPS) is 13.0. The summed E-state index contributed by atoms with van der Waals surface area (Å²) in [4.78, 5) is 23.3. The Bertz CT molecular complexity index is 759. The maximum atomic E-state index is 12.4. The highest BCUT2D eigenvalue weighted by Gasteiger charge is 2.15. The molecule has 0 saturated heterocycles. The third-order valence-corrected chi connectivity index (χ3v) is 7.25. The van der Waals surface area contributed by atoms with Crippen molar-refractivity contribution in [3.63, 3.8) is 0 Å². The fourth-order valence-corrected chi connectivity index (χ4v) is 4.75. The number of hydrogen-bond donors (Lipinski definition) is 1. The van der Waals surface area contributed by atoms with E-state index in [0.717, 1.165) is 77.0 Å². The maximum Gasteiger partial charge on any atom is 0.306 e. The summed E-state index contributed by atoms with van der Waals surface area (Å²) in [5.41, 5.74) is 0. The summed E-state index contributed by atoms with van der Waals surface area (Å²) in [7, 11) is 0. The van der Waals surface area contributed by atoms with Crippen molar-refractivity contribution in [3.8, 4) is 0 Å². The molecule has 0 aromatic heterocycles. The van der Waals surface area contributed by atoms with Crippen molar-refractivity contribution >= 4 is 11.9 Å². The molecule has 0 bridgehead atoms. The Morgan fingerprint density at radius 2 is 1.02 bits per heavy atom. The minimum atomic E-state index is -0.780. The molecular weight excluding hydrogens is 520 g/mol. The molecule has 0 radical (unpaired) electrons. The van der Waals surface area contributed by atoms with E-state index in [1.165, 1.54) is 44.9 Å². The molecule has 0 saturated carbocycles. The van der Waals surface area contributed by atoms with Crippen LogP contribution in [0.2, 0.25) is 0 Å². The molecule has 0 rings (SSSR count). The Morgan fingerprint density at radius 1 is 0.548 bits per heavy atom. The highest BCUT2D eigenvalue weighted by atomic mass is 16.5. The number of carboxylic acids is 1. The van der Waals surface area contributed by atoms with Crippen LogP contribution in [0.25, 0.3) is 0 Å². The third kappa shape index (κ3) is 32.2. The summed E-state index contributed by atoms with van der Waals surface area (Å²) in [6, 6.07) is 0. The van der Waals surface area contributed by atoms with E-state index >= 15 is 0 Å². The summed E-state index contributed by atoms with van der Waals surface area (Å²) < 4.78 is 5.77. The summed E-state index contributed by atoms with van der Waals surface area (Å²) in [6.45, 7) is 4.38. The van der Waals surface area contributed by atoms with Crippen LogP contribution in [0, 0.1) is 0 Å². The topological polar surface area (TPSA) is 63.6 Å². The SMILES string of the molecule is CC/C=C\C/C=C\C/C=C\C/C=C\C/C=C\CCCCCCCC(=O)OC(CCCCCCCCC)CCCC(=O)O. The number of allylic oxidation sites excluding steroid dienone is 10. The van der Waals surface area contributed by atoms with Crippen LogP contribution in [-0.2, 0) is 14.3 Å². The highest BCUT2D eigenvalue weighted by Crippen LogP contribution is 2.17. The first kappa shape index (κ1) is 39.6. The van der Waals surface area contributed by atoms with Crippen LogP contribution in [0.1, 0.15) is 162 Å². The quantitative estimate of drug-likeness (QED) is 0.0518. The van der Waals surface area contributed by atoms with Gasteiger partial charge in [-0.1, -0.05) is 132 Å². The number of hydrogen-bond acceptors (Lipinski definition) is 3. The minimum Gasteiger partial charge on any atom is -0.481 e. The van der Waals surface area contributed by atoms with Gasteiger partial charge in [0.05, 0.1) is 0 Å². The van der Waals surface area contributed by atoms with E-state index < -0.39 is 5.97 Å². The van der Waals surface area contributed by atoms with Gasteiger partial charge in [-0.15, -0.1) is 0 Å². The molecule has 0 heterocycles. The molecule has 0 amide bonds. The van der Waals surface area contributed by atoms with Crippen molar-refractivity contribution in [2.24, 2.45) is 0 Å². The molecule has 1 unspecified atom stereocenters. The Labute approximate surface area is 259 Å². The molecule has 0 aromatic rings. The number of aliphatic carboxylic acids is 1. The van der Waals surface area contributed by atoms with E-state index in [2.05, 4.69) is 74.6 Å². The number of carbonyl (C=O) groups is 2. The van der Waals surface area contributed by atoms with Crippen LogP contribution in [0.3, 0.4) is 0 Å². The number of carboxylic acid groups (broad SMARTS) is 1. The van der Waals surface area contributed by atoms with Crippen LogP contribution in [-0.4, -0.2) is 23.1 Å². The van der Waals surface area contributed by atoms with Crippen LogP contribution in [0.15, 0.2) is 60.8 Å². The minimum absolute atomic E-state index is 0.114. The Kier molecular flexibility index (Phi) is 31.3. The molecule has 0 aromatic carbocycles. The summed E-state index contributed by atoms with van der Waals surface area (Å²) in [5.74, 6) is -0.894. The Balaban J connectivity index is 3.83. The van der Waals surface area contributed by atoms with Gasteiger partial charge in [0.1, 0.15) is 6.10 Å². The van der Waals surface area contributed by atoms with Gasteiger partial charge in [0.2, 0.25) is 0 Å². The first-order valence-electron chi connectivity index (χ1n) is 17.3. The number of esters is 1. The van der Waals surface area contributed by atoms with E-state index in [9.17, 15) is 9.59 Å². The molecular formula is C38H64O4. The van der Waals surface area contributed by atoms with Crippen molar-refractivity contribution < 1.29 is 19.4 Å². The molecule has 0 aliphatic carbocycles. The molecule has 1 N–H and O–H groups in total. The fraction of sp³-hybridized carbons (Fsp3) is 0.684. The second-order valence-corrected chi connectivity index (χ2v) is 11.3. The predicted octanol–water partition coefficient (Wildman–Crippen LogP) is 11.8. The van der Waals surface area contributed by atoms with Gasteiger partial charge >= 0.3 is 11.9 Å². The van der Waals surface area contributed by atoms with E-state index in [0.29, 0.717) is 19.3 Å². The summed E-state index contributed by atoms with van der Waals surface area (Å²) >= 11 is 0. The number of rotatable bonds is 30. The third-order valence-electron chi connectivity index (χ3n) is 7.25. The summed E-state index contributed by atoms with van der Waals surface area (Å²) in [5, 5.41) is 8.94. The first-order chi connectivity index (χ1) is 20.6. The monoisotopic (exact) mass is 584 g/mol. The van der Waals surface area contributed by atoms with Crippen LogP contribution < -0.4 is 0 Å². The van der Waals surface area contributed by atoms with Gasteiger partial charge in [-0.25, -0.2) is 0 Å². The summed E-state index contributed by atoms with van der Waals surface area (Å²) in [6.07, 6.45) is 45.2. The van der Waals surface area contributed by atoms with Gasteiger partial charge in [-0.05, 0) is 77.0 Å². The second kappa shape index (κ2) is 33.1. The van der Waals surface area contributed by atoms with Gasteiger partial charge in [-0.2, -0.15) is 0 Å².